The Morgan fingerprint density at radius 2 is 0.935 bits per heavy atom. The molecule has 0 fully saturated rings. The van der Waals surface area contributed by atoms with E-state index >= 15 is 0 Å². The smallest absolute Gasteiger partial charge is 0.346 e. The van der Waals surface area contributed by atoms with Crippen molar-refractivity contribution in [3.63, 3.8) is 0 Å². The number of carboxylic acid groups (broad SMARTS) is 1. The van der Waals surface area contributed by atoms with Gasteiger partial charge < -0.3 is 10.0 Å². The number of hydrogen-bond acceptors (Lipinski definition) is 6. The van der Waals surface area contributed by atoms with Gasteiger partial charge in [0.05, 0.1) is 0 Å². The van der Waals surface area contributed by atoms with Gasteiger partial charge in [-0.3, -0.25) is 0 Å². The van der Waals surface area contributed by atoms with Crippen LogP contribution in [0.4, 0.5) is 17.1 Å². The molecule has 10 rings (SSSR count). The van der Waals surface area contributed by atoms with Crippen LogP contribution in [0.15, 0.2) is 133 Å². The fourth-order valence-corrected chi connectivity index (χ4v) is 16.1. The molecule has 0 radical (unpaired) electrons. The third kappa shape index (κ3) is 10.8. The van der Waals surface area contributed by atoms with E-state index in [2.05, 4.69) is 181 Å². The topological polar surface area (TPSA) is 64.3 Å². The molecule has 0 bridgehead atoms. The van der Waals surface area contributed by atoms with Gasteiger partial charge in [0.1, 0.15) is 11.6 Å². The van der Waals surface area contributed by atoms with Gasteiger partial charge in [0.2, 0.25) is 0 Å². The highest BCUT2D eigenvalue weighted by atomic mass is 32.1. The van der Waals surface area contributed by atoms with Crippen LogP contribution in [-0.4, -0.2) is 11.1 Å². The largest absolute Gasteiger partial charge is 0.477 e. The number of unbranched alkanes of at least 4 members (excludes halogenated alkanes) is 9. The number of nitrogens with zero attached hydrogens (tertiary/aromatic N) is 2. The molecule has 77 heavy (non-hydrogen) atoms. The van der Waals surface area contributed by atoms with E-state index in [0.717, 1.165) is 66.9 Å². The first-order valence-corrected chi connectivity index (χ1v) is 30.9. The van der Waals surface area contributed by atoms with Crippen LogP contribution in [0.3, 0.4) is 0 Å². The number of aliphatic carboxylic acids is 1. The summed E-state index contributed by atoms with van der Waals surface area (Å²) in [5, 5.41) is 19.5. The van der Waals surface area contributed by atoms with Crippen molar-refractivity contribution in [2.75, 3.05) is 4.90 Å². The Labute approximate surface area is 470 Å². The first kappa shape index (κ1) is 54.1. The van der Waals surface area contributed by atoms with Crippen LogP contribution in [0.5, 0.6) is 0 Å². The molecular weight excluding hydrogens is 997 g/mol. The quantitative estimate of drug-likeness (QED) is 0.0394. The molecule has 7 heteroatoms. The molecule has 0 spiro atoms. The van der Waals surface area contributed by atoms with Gasteiger partial charge in [-0.1, -0.05) is 179 Å². The van der Waals surface area contributed by atoms with Gasteiger partial charge in [-0.2, -0.15) is 5.26 Å². The Morgan fingerprint density at radius 3 is 1.42 bits per heavy atom. The van der Waals surface area contributed by atoms with E-state index in [1.165, 1.54) is 143 Å². The monoisotopic (exact) mass is 1070 g/mol. The van der Waals surface area contributed by atoms with Crippen LogP contribution >= 0.6 is 34.0 Å². The number of nitriles is 1. The number of thiophene rings is 3. The Balaban J connectivity index is 1.06. The Hall–Kier alpha value is -6.30. The average molecular weight is 1070 g/mol. The van der Waals surface area contributed by atoms with Crippen LogP contribution in [0.2, 0.25) is 0 Å². The molecule has 0 aliphatic heterocycles. The molecule has 0 saturated carbocycles. The first-order chi connectivity index (χ1) is 37.4. The van der Waals surface area contributed by atoms with E-state index in [0.29, 0.717) is 0 Å². The third-order valence-electron chi connectivity index (χ3n) is 16.5. The molecular formula is C70H74N2O2S3. The molecule has 0 unspecified atom stereocenters. The van der Waals surface area contributed by atoms with Crippen molar-refractivity contribution in [1.29, 1.82) is 5.26 Å². The zero-order valence-electron chi connectivity index (χ0n) is 46.3. The van der Waals surface area contributed by atoms with E-state index in [-0.39, 0.29) is 16.4 Å². The van der Waals surface area contributed by atoms with E-state index < -0.39 is 5.97 Å². The normalized spacial score (nSPS) is 13.8. The number of fused-ring (bicyclic) bond motifs is 6. The standard InChI is InChI=1S/C70H74N2O2S3/c1-8-11-14-17-24-47-39-54(40-50(45-71)68(73)74)75-66(47)63-42-49(26-19-16-13-10-3)67(77-63)64-41-48(25-18-15-12-9-2)65(76-64)46-31-33-51(34-32-46)72(52-35-37-57-55-27-20-22-29-59(55)69(4,5)61(57)43-52)53-36-38-58-56-28-21-23-30-60(56)70(6,7)62(58)44-53/h20-23,27-44H,8-19,24-26H2,1-7H3,(H,73,74). The van der Waals surface area contributed by atoms with Crippen molar-refractivity contribution in [2.24, 2.45) is 0 Å². The Morgan fingerprint density at radius 1 is 0.506 bits per heavy atom. The molecule has 2 aliphatic carbocycles. The molecule has 0 atom stereocenters. The molecule has 3 heterocycles. The summed E-state index contributed by atoms with van der Waals surface area (Å²) in [5.41, 5.74) is 19.1. The fourth-order valence-electron chi connectivity index (χ4n) is 12.2. The number of hydrogen-bond donors (Lipinski definition) is 1. The fraction of sp³-hybridized carbons (Fsp3) is 0.343. The highest BCUT2D eigenvalue weighted by Gasteiger charge is 2.38. The molecule has 394 valence electrons. The lowest BCUT2D eigenvalue weighted by Crippen LogP contribution is -2.18. The molecule has 0 saturated heterocycles. The molecule has 5 aromatic carbocycles. The average Bonchev–Trinajstić information content (AvgIpc) is 4.41. The van der Waals surface area contributed by atoms with Crippen molar-refractivity contribution in [3.8, 4) is 58.3 Å². The zero-order chi connectivity index (χ0) is 53.8. The van der Waals surface area contributed by atoms with Crippen molar-refractivity contribution in [1.82, 2.24) is 0 Å². The molecule has 0 amide bonds. The molecule has 4 nitrogen and oxygen atoms in total. The molecule has 2 aliphatic rings. The summed E-state index contributed by atoms with van der Waals surface area (Å²) in [6, 6.07) is 50.6. The summed E-state index contributed by atoms with van der Waals surface area (Å²) >= 11 is 5.49. The SMILES string of the molecule is CCCCCCc1cc(-c2sc(-c3sc(C=C(C#N)C(=O)O)cc3CCCCCC)cc2CCCCCC)sc1-c1ccc(N(c2ccc3c(c2)C(C)(C)c2ccccc2-3)c2ccc3c(c2)C(C)(C)c2ccccc2-3)cc1. The summed E-state index contributed by atoms with van der Waals surface area (Å²) in [7, 11) is 0. The van der Waals surface area contributed by atoms with Gasteiger partial charge in [0, 0.05) is 57.2 Å². The first-order valence-electron chi connectivity index (χ1n) is 28.5. The minimum Gasteiger partial charge on any atom is -0.477 e. The van der Waals surface area contributed by atoms with Gasteiger partial charge in [-0.15, -0.1) is 34.0 Å². The summed E-state index contributed by atoms with van der Waals surface area (Å²) in [6.45, 7) is 16.3. The summed E-state index contributed by atoms with van der Waals surface area (Å²) < 4.78 is 0. The van der Waals surface area contributed by atoms with Crippen molar-refractivity contribution >= 4 is 63.1 Å². The predicted molar refractivity (Wildman–Crippen MR) is 331 cm³/mol. The Kier molecular flexibility index (Phi) is 16.4. The number of aryl methyl sites for hydroxylation is 3. The summed E-state index contributed by atoms with van der Waals surface area (Å²) in [6.07, 6.45) is 18.8. The van der Waals surface area contributed by atoms with Crippen LogP contribution in [0, 0.1) is 11.3 Å². The van der Waals surface area contributed by atoms with E-state index in [9.17, 15) is 15.2 Å². The van der Waals surface area contributed by atoms with Crippen LogP contribution in [0.1, 0.15) is 169 Å². The second kappa shape index (κ2) is 23.3. The molecule has 3 aromatic heterocycles. The van der Waals surface area contributed by atoms with Gasteiger partial charge in [0.15, 0.2) is 0 Å². The van der Waals surface area contributed by atoms with Crippen molar-refractivity contribution in [3.05, 3.63) is 177 Å². The van der Waals surface area contributed by atoms with E-state index in [1.54, 1.807) is 17.4 Å². The Bertz CT molecular complexity index is 3390. The van der Waals surface area contributed by atoms with E-state index in [1.807, 2.05) is 28.7 Å². The maximum Gasteiger partial charge on any atom is 0.346 e. The van der Waals surface area contributed by atoms with Gasteiger partial charge in [-0.05, 0) is 166 Å². The minimum atomic E-state index is -1.18. The number of carbonyl (C=O) groups is 1. The number of anilines is 3. The third-order valence-corrected chi connectivity index (χ3v) is 20.4. The van der Waals surface area contributed by atoms with Crippen molar-refractivity contribution in [2.45, 2.75) is 156 Å². The molecule has 1 N–H and O–H groups in total. The van der Waals surface area contributed by atoms with Crippen LogP contribution in [0.25, 0.3) is 58.3 Å². The lowest BCUT2D eigenvalue weighted by molar-refractivity contribution is -0.132. The van der Waals surface area contributed by atoms with Crippen LogP contribution in [-0.2, 0) is 34.9 Å². The van der Waals surface area contributed by atoms with Crippen molar-refractivity contribution < 1.29 is 9.90 Å². The summed E-state index contributed by atoms with van der Waals surface area (Å²) in [5.74, 6) is -1.18. The minimum absolute atomic E-state index is 0.132. The summed E-state index contributed by atoms with van der Waals surface area (Å²) in [4.78, 5) is 21.8. The number of rotatable bonds is 23. The van der Waals surface area contributed by atoms with Gasteiger partial charge >= 0.3 is 5.97 Å². The highest BCUT2D eigenvalue weighted by molar-refractivity contribution is 7.27. The number of carboxylic acids is 1. The maximum atomic E-state index is 12.0. The highest BCUT2D eigenvalue weighted by Crippen LogP contribution is 2.54. The zero-order valence-corrected chi connectivity index (χ0v) is 48.7. The lowest BCUT2D eigenvalue weighted by Gasteiger charge is -2.30. The second-order valence-electron chi connectivity index (χ2n) is 22.5. The predicted octanol–water partition coefficient (Wildman–Crippen LogP) is 21.3. The van der Waals surface area contributed by atoms with Gasteiger partial charge in [-0.25, -0.2) is 4.79 Å². The van der Waals surface area contributed by atoms with Crippen LogP contribution < -0.4 is 4.90 Å². The number of benzene rings is 5. The van der Waals surface area contributed by atoms with E-state index in [4.69, 9.17) is 0 Å². The maximum absolute atomic E-state index is 12.0. The van der Waals surface area contributed by atoms with Gasteiger partial charge in [0.25, 0.3) is 0 Å². The second-order valence-corrected chi connectivity index (χ2v) is 25.7. The lowest BCUT2D eigenvalue weighted by atomic mass is 9.82. The molecule has 8 aromatic rings.